The zero-order chi connectivity index (χ0) is 45.2. The van der Waals surface area contributed by atoms with Gasteiger partial charge < -0.3 is 9.13 Å². The van der Waals surface area contributed by atoms with Gasteiger partial charge in [-0.05, 0) is 106 Å². The van der Waals surface area contributed by atoms with Crippen LogP contribution in [-0.4, -0.2) is 9.13 Å². The SMILES string of the molecule is CCCCCCC1(CCCCCC)c2cc(/C=C/c3ccc(-n4c5ccccc5c5ccccc54)cc3)ccc2-c2ccc(/C=C/c3ccc(-n4c5ccccc5c5ccccc54)cc3)cc21. The van der Waals surface area contributed by atoms with E-state index in [4.69, 9.17) is 0 Å². The fourth-order valence-corrected chi connectivity index (χ4v) is 11.4. The molecule has 0 spiro atoms. The highest BCUT2D eigenvalue weighted by atomic mass is 15.0. The average molecular weight is 869 g/mol. The predicted octanol–water partition coefficient (Wildman–Crippen LogP) is 18.4. The van der Waals surface area contributed by atoms with E-state index in [0.717, 1.165) is 0 Å². The predicted molar refractivity (Wildman–Crippen MR) is 290 cm³/mol. The van der Waals surface area contributed by atoms with E-state index in [2.05, 4.69) is 229 Å². The molecule has 11 rings (SSSR count). The van der Waals surface area contributed by atoms with Gasteiger partial charge in [0.2, 0.25) is 0 Å². The number of unbranched alkanes of at least 4 members (excludes halogenated alkanes) is 6. The highest BCUT2D eigenvalue weighted by molar-refractivity contribution is 6.10. The van der Waals surface area contributed by atoms with E-state index < -0.39 is 0 Å². The molecule has 0 radical (unpaired) electrons. The molecule has 0 unspecified atom stereocenters. The molecule has 0 aliphatic heterocycles. The number of para-hydroxylation sites is 4. The number of aromatic nitrogens is 2. The molecule has 0 saturated heterocycles. The Balaban J connectivity index is 0.901. The van der Waals surface area contributed by atoms with Crippen molar-refractivity contribution in [3.63, 3.8) is 0 Å². The van der Waals surface area contributed by atoms with E-state index in [1.165, 1.54) is 164 Å². The normalized spacial score (nSPS) is 13.2. The first-order valence-corrected chi connectivity index (χ1v) is 25.0. The number of rotatable bonds is 16. The van der Waals surface area contributed by atoms with Gasteiger partial charge in [-0.1, -0.05) is 223 Å². The van der Waals surface area contributed by atoms with Crippen molar-refractivity contribution < 1.29 is 0 Å². The molecule has 2 aromatic heterocycles. The van der Waals surface area contributed by atoms with Crippen molar-refractivity contribution in [2.75, 3.05) is 0 Å². The van der Waals surface area contributed by atoms with Crippen molar-refractivity contribution in [3.05, 3.63) is 215 Å². The molecule has 330 valence electrons. The van der Waals surface area contributed by atoms with Gasteiger partial charge in [-0.25, -0.2) is 0 Å². The zero-order valence-corrected chi connectivity index (χ0v) is 39.1. The fraction of sp³-hybridized carbons (Fsp3) is 0.200. The van der Waals surface area contributed by atoms with E-state index in [-0.39, 0.29) is 5.41 Å². The summed E-state index contributed by atoms with van der Waals surface area (Å²) in [5, 5.41) is 5.16. The maximum atomic E-state index is 2.55. The van der Waals surface area contributed by atoms with E-state index in [1.54, 1.807) is 0 Å². The molecule has 1 aliphatic carbocycles. The van der Waals surface area contributed by atoms with Gasteiger partial charge in [0.15, 0.2) is 0 Å². The topological polar surface area (TPSA) is 9.86 Å². The third kappa shape index (κ3) is 7.93. The summed E-state index contributed by atoms with van der Waals surface area (Å²) in [6.07, 6.45) is 21.8. The molecule has 2 heterocycles. The molecule has 0 N–H and O–H groups in total. The first kappa shape index (κ1) is 42.5. The molecule has 2 nitrogen and oxygen atoms in total. The van der Waals surface area contributed by atoms with Crippen LogP contribution >= 0.6 is 0 Å². The molecule has 2 heteroatoms. The highest BCUT2D eigenvalue weighted by Gasteiger charge is 2.42. The molecular weight excluding hydrogens is 809 g/mol. The molecule has 67 heavy (non-hydrogen) atoms. The quantitative estimate of drug-likeness (QED) is 0.0676. The molecule has 1 aliphatic rings. The van der Waals surface area contributed by atoms with Crippen molar-refractivity contribution in [1.29, 1.82) is 0 Å². The van der Waals surface area contributed by atoms with Gasteiger partial charge in [0, 0.05) is 38.3 Å². The molecule has 8 aromatic carbocycles. The number of hydrogen-bond donors (Lipinski definition) is 0. The van der Waals surface area contributed by atoms with Crippen LogP contribution in [0.1, 0.15) is 111 Å². The minimum atomic E-state index is -0.00618. The molecular formula is C65H60N2. The fourth-order valence-electron chi connectivity index (χ4n) is 11.4. The molecule has 0 bridgehead atoms. The van der Waals surface area contributed by atoms with Crippen LogP contribution in [0.3, 0.4) is 0 Å². The summed E-state index contributed by atoms with van der Waals surface area (Å²) in [6.45, 7) is 4.65. The van der Waals surface area contributed by atoms with Crippen LogP contribution in [0.4, 0.5) is 0 Å². The van der Waals surface area contributed by atoms with Gasteiger partial charge in [0.25, 0.3) is 0 Å². The molecule has 0 fully saturated rings. The van der Waals surface area contributed by atoms with Crippen molar-refractivity contribution in [2.24, 2.45) is 0 Å². The summed E-state index contributed by atoms with van der Waals surface area (Å²) in [5.41, 5.74) is 18.2. The third-order valence-electron chi connectivity index (χ3n) is 14.7. The molecule has 10 aromatic rings. The van der Waals surface area contributed by atoms with Gasteiger partial charge in [-0.15, -0.1) is 0 Å². The maximum absolute atomic E-state index is 2.55. The Morgan fingerprint density at radius 2 is 0.672 bits per heavy atom. The second-order valence-corrected chi connectivity index (χ2v) is 18.9. The van der Waals surface area contributed by atoms with Crippen LogP contribution in [0, 0.1) is 0 Å². The summed E-state index contributed by atoms with van der Waals surface area (Å²) < 4.78 is 4.78. The van der Waals surface area contributed by atoms with Crippen LogP contribution in [0.2, 0.25) is 0 Å². The van der Waals surface area contributed by atoms with Crippen molar-refractivity contribution >= 4 is 67.9 Å². The Bertz CT molecular complexity index is 3090. The third-order valence-corrected chi connectivity index (χ3v) is 14.7. The smallest absolute Gasteiger partial charge is 0.0541 e. The number of fused-ring (bicyclic) bond motifs is 9. The van der Waals surface area contributed by atoms with Crippen LogP contribution in [-0.2, 0) is 5.41 Å². The molecule has 0 atom stereocenters. The second-order valence-electron chi connectivity index (χ2n) is 18.9. The van der Waals surface area contributed by atoms with Crippen LogP contribution in [0.25, 0.3) is 90.4 Å². The lowest BCUT2D eigenvalue weighted by molar-refractivity contribution is 0.401. The summed E-state index contributed by atoms with van der Waals surface area (Å²) in [7, 11) is 0. The van der Waals surface area contributed by atoms with Gasteiger partial charge in [0.1, 0.15) is 0 Å². The highest BCUT2D eigenvalue weighted by Crippen LogP contribution is 2.55. The minimum Gasteiger partial charge on any atom is -0.309 e. The van der Waals surface area contributed by atoms with Gasteiger partial charge in [-0.2, -0.15) is 0 Å². The van der Waals surface area contributed by atoms with Crippen molar-refractivity contribution in [3.8, 4) is 22.5 Å². The Kier molecular flexibility index (Phi) is 11.8. The number of benzene rings is 8. The lowest BCUT2D eigenvalue weighted by Crippen LogP contribution is -2.25. The monoisotopic (exact) mass is 868 g/mol. The van der Waals surface area contributed by atoms with Crippen LogP contribution < -0.4 is 0 Å². The number of nitrogens with zero attached hydrogens (tertiary/aromatic N) is 2. The van der Waals surface area contributed by atoms with Crippen molar-refractivity contribution in [1.82, 2.24) is 9.13 Å². The molecule has 0 saturated carbocycles. The maximum Gasteiger partial charge on any atom is 0.0541 e. The lowest BCUT2D eigenvalue weighted by Gasteiger charge is -2.33. The Labute approximate surface area is 396 Å². The van der Waals surface area contributed by atoms with Crippen molar-refractivity contribution in [2.45, 2.75) is 83.5 Å². The van der Waals surface area contributed by atoms with Gasteiger partial charge >= 0.3 is 0 Å². The Morgan fingerprint density at radius 1 is 0.343 bits per heavy atom. The average Bonchev–Trinajstić information content (AvgIpc) is 3.99. The molecule has 0 amide bonds. The second kappa shape index (κ2) is 18.6. The first-order valence-electron chi connectivity index (χ1n) is 25.0. The zero-order valence-electron chi connectivity index (χ0n) is 39.1. The Morgan fingerprint density at radius 3 is 1.03 bits per heavy atom. The summed E-state index contributed by atoms with van der Waals surface area (Å²) >= 11 is 0. The lowest BCUT2D eigenvalue weighted by atomic mass is 9.70. The van der Waals surface area contributed by atoms with E-state index in [9.17, 15) is 0 Å². The first-order chi connectivity index (χ1) is 33.1. The minimum absolute atomic E-state index is 0.00618. The van der Waals surface area contributed by atoms with Crippen LogP contribution in [0.5, 0.6) is 0 Å². The van der Waals surface area contributed by atoms with E-state index >= 15 is 0 Å². The van der Waals surface area contributed by atoms with E-state index in [0.29, 0.717) is 0 Å². The summed E-state index contributed by atoms with van der Waals surface area (Å²) in [4.78, 5) is 0. The van der Waals surface area contributed by atoms with E-state index in [1.807, 2.05) is 0 Å². The standard InChI is InChI=1S/C65H60N2/c1-3-5-7-17-43-65(44-18-8-6-4-2)59-45-49(29-27-47-31-37-51(38-32-47)66-61-23-13-9-19-55(61)56-20-10-14-24-62(56)66)35-41-53(59)54-42-36-50(46-60(54)65)30-28-48-33-39-52(40-34-48)67-63-25-15-11-21-57(63)58-22-12-16-26-64(58)67/h9-16,19-42,45-46H,3-8,17-18,43-44H2,1-2H3/b29-27+,30-28+. The Hall–Kier alpha value is -7.16. The summed E-state index contributed by atoms with van der Waals surface area (Å²) in [6, 6.07) is 67.7. The summed E-state index contributed by atoms with van der Waals surface area (Å²) in [5.74, 6) is 0. The number of hydrogen-bond acceptors (Lipinski definition) is 0. The van der Waals surface area contributed by atoms with Crippen LogP contribution in [0.15, 0.2) is 182 Å². The largest absolute Gasteiger partial charge is 0.309 e. The van der Waals surface area contributed by atoms with Gasteiger partial charge in [0.05, 0.1) is 22.1 Å². The van der Waals surface area contributed by atoms with Gasteiger partial charge in [-0.3, -0.25) is 0 Å².